The van der Waals surface area contributed by atoms with E-state index in [0.717, 1.165) is 0 Å². The molecule has 1 aliphatic heterocycles. The molecule has 0 atom stereocenters. The van der Waals surface area contributed by atoms with E-state index >= 15 is 0 Å². The molecule has 0 aromatic carbocycles. The van der Waals surface area contributed by atoms with Crippen LogP contribution in [0, 0.1) is 0 Å². The Bertz CT molecular complexity index is 204. The summed E-state index contributed by atoms with van der Waals surface area (Å²) >= 11 is 0. The van der Waals surface area contributed by atoms with Gasteiger partial charge in [0.15, 0.2) is 0 Å². The Morgan fingerprint density at radius 2 is 2.40 bits per heavy atom. The van der Waals surface area contributed by atoms with Gasteiger partial charge in [0.25, 0.3) is 5.91 Å². The van der Waals surface area contributed by atoms with Crippen LogP contribution in [0.3, 0.4) is 0 Å². The molecule has 0 unspecified atom stereocenters. The van der Waals surface area contributed by atoms with Crippen molar-refractivity contribution in [3.8, 4) is 0 Å². The lowest BCUT2D eigenvalue weighted by Gasteiger charge is -2.07. The number of hydrogen-bond donors (Lipinski definition) is 0. The van der Waals surface area contributed by atoms with Gasteiger partial charge in [-0.1, -0.05) is 6.08 Å². The molecule has 0 saturated carbocycles. The third kappa shape index (κ3) is 1.23. The predicted molar refractivity (Wildman–Crippen MR) is 40.1 cm³/mol. The largest absolute Gasteiger partial charge is 0.343 e. The minimum atomic E-state index is -0.0197. The number of nitrogens with zero attached hydrogens (tertiary/aromatic N) is 2. The molecule has 0 fully saturated rings. The Hall–Kier alpha value is -1.12. The van der Waals surface area contributed by atoms with Crippen LogP contribution < -0.4 is 0 Å². The van der Waals surface area contributed by atoms with Gasteiger partial charge >= 0.3 is 0 Å². The highest BCUT2D eigenvalue weighted by atomic mass is 16.2. The molecular formula is C7H10N2O. The summed E-state index contributed by atoms with van der Waals surface area (Å²) in [6, 6.07) is 0. The highest BCUT2D eigenvalue weighted by Crippen LogP contribution is 1.95. The molecule has 54 valence electrons. The van der Waals surface area contributed by atoms with Crippen molar-refractivity contribution in [1.29, 1.82) is 0 Å². The normalized spacial score (nSPS) is 15.2. The Morgan fingerprint density at radius 1 is 1.70 bits per heavy atom. The van der Waals surface area contributed by atoms with Crippen molar-refractivity contribution in [3.05, 3.63) is 12.2 Å². The average Bonchev–Trinajstić information content (AvgIpc) is 2.36. The monoisotopic (exact) mass is 138 g/mol. The van der Waals surface area contributed by atoms with Gasteiger partial charge in [-0.2, -0.15) is 0 Å². The van der Waals surface area contributed by atoms with Crippen molar-refractivity contribution in [2.45, 2.75) is 0 Å². The van der Waals surface area contributed by atoms with Crippen LogP contribution in [0.5, 0.6) is 0 Å². The lowest BCUT2D eigenvalue weighted by molar-refractivity contribution is -0.121. The molecule has 0 saturated heterocycles. The van der Waals surface area contributed by atoms with Crippen molar-refractivity contribution < 1.29 is 4.79 Å². The topological polar surface area (TPSA) is 32.7 Å². The second-order valence-electron chi connectivity index (χ2n) is 2.33. The highest BCUT2D eigenvalue weighted by Gasteiger charge is 2.11. The number of carbonyl (C=O) groups is 1. The molecule has 0 aromatic heterocycles. The number of amides is 1. The smallest absolute Gasteiger partial charge is 0.271 e. The molecule has 3 heteroatoms. The summed E-state index contributed by atoms with van der Waals surface area (Å²) in [5.74, 6) is -0.0197. The third-order valence-electron chi connectivity index (χ3n) is 1.27. The summed E-state index contributed by atoms with van der Waals surface area (Å²) in [4.78, 5) is 16.6. The zero-order valence-corrected chi connectivity index (χ0v) is 6.16. The molecule has 1 amide bonds. The van der Waals surface area contributed by atoms with E-state index < -0.39 is 0 Å². The summed E-state index contributed by atoms with van der Waals surface area (Å²) in [7, 11) is 3.44. The Morgan fingerprint density at radius 3 is 2.80 bits per heavy atom. The first kappa shape index (κ1) is 6.99. The molecule has 0 aromatic rings. The van der Waals surface area contributed by atoms with E-state index in [1.165, 1.54) is 4.90 Å². The number of aliphatic imine (C=N–C) groups is 1. The van der Waals surface area contributed by atoms with Gasteiger partial charge in [0.2, 0.25) is 0 Å². The van der Waals surface area contributed by atoms with Crippen molar-refractivity contribution >= 4 is 11.6 Å². The first-order valence-electron chi connectivity index (χ1n) is 3.14. The lowest BCUT2D eigenvalue weighted by atomic mass is 10.3. The van der Waals surface area contributed by atoms with E-state index in [-0.39, 0.29) is 5.91 Å². The maximum atomic E-state index is 11.1. The van der Waals surface area contributed by atoms with Gasteiger partial charge in [0, 0.05) is 14.1 Å². The van der Waals surface area contributed by atoms with Crippen LogP contribution in [0.15, 0.2) is 17.1 Å². The highest BCUT2D eigenvalue weighted by molar-refractivity contribution is 6.43. The number of carbonyl (C=O) groups excluding carboxylic acids is 1. The molecular weight excluding hydrogens is 128 g/mol. The molecule has 1 heterocycles. The summed E-state index contributed by atoms with van der Waals surface area (Å²) in [6.45, 7) is 0.648. The number of rotatable bonds is 1. The van der Waals surface area contributed by atoms with E-state index in [1.54, 1.807) is 20.2 Å². The first-order chi connectivity index (χ1) is 4.72. The molecule has 1 aliphatic rings. The van der Waals surface area contributed by atoms with E-state index in [2.05, 4.69) is 4.99 Å². The minimum Gasteiger partial charge on any atom is -0.343 e. The maximum Gasteiger partial charge on any atom is 0.271 e. The Kier molecular flexibility index (Phi) is 1.85. The van der Waals surface area contributed by atoms with E-state index in [0.29, 0.717) is 12.3 Å². The number of hydrogen-bond acceptors (Lipinski definition) is 2. The Balaban J connectivity index is 2.66. The van der Waals surface area contributed by atoms with Gasteiger partial charge in [0.05, 0.1) is 6.54 Å². The first-order valence-corrected chi connectivity index (χ1v) is 3.14. The quantitative estimate of drug-likeness (QED) is 0.505. The maximum absolute atomic E-state index is 11.1. The van der Waals surface area contributed by atoms with Crippen molar-refractivity contribution in [1.82, 2.24) is 4.90 Å². The molecule has 0 spiro atoms. The average molecular weight is 138 g/mol. The van der Waals surface area contributed by atoms with Gasteiger partial charge in [-0.25, -0.2) is 0 Å². The SMILES string of the molecule is CN(C)C(=O)C1=NCC=C1. The van der Waals surface area contributed by atoms with Crippen LogP contribution in [0.25, 0.3) is 0 Å². The van der Waals surface area contributed by atoms with Gasteiger partial charge in [-0.3, -0.25) is 9.79 Å². The van der Waals surface area contributed by atoms with Gasteiger partial charge in [0.1, 0.15) is 5.71 Å². The van der Waals surface area contributed by atoms with E-state index in [4.69, 9.17) is 0 Å². The fourth-order valence-corrected chi connectivity index (χ4v) is 0.736. The molecule has 0 aliphatic carbocycles. The van der Waals surface area contributed by atoms with Crippen LogP contribution in [-0.4, -0.2) is 37.2 Å². The molecule has 0 bridgehead atoms. The Labute approximate surface area is 60.1 Å². The van der Waals surface area contributed by atoms with E-state index in [1.807, 2.05) is 6.08 Å². The van der Waals surface area contributed by atoms with Crippen LogP contribution in [0.1, 0.15) is 0 Å². The molecule has 10 heavy (non-hydrogen) atoms. The standard InChI is InChI=1S/C7H10N2O/c1-9(2)7(10)6-4-3-5-8-6/h3-4H,5H2,1-2H3. The lowest BCUT2D eigenvalue weighted by Crippen LogP contribution is -2.27. The van der Waals surface area contributed by atoms with Crippen LogP contribution in [-0.2, 0) is 4.79 Å². The van der Waals surface area contributed by atoms with Gasteiger partial charge < -0.3 is 4.90 Å². The third-order valence-corrected chi connectivity index (χ3v) is 1.27. The fourth-order valence-electron chi connectivity index (χ4n) is 0.736. The second kappa shape index (κ2) is 2.64. The van der Waals surface area contributed by atoms with Gasteiger partial charge in [-0.15, -0.1) is 0 Å². The second-order valence-corrected chi connectivity index (χ2v) is 2.33. The zero-order valence-electron chi connectivity index (χ0n) is 6.16. The summed E-state index contributed by atoms with van der Waals surface area (Å²) in [5, 5.41) is 0. The molecule has 1 rings (SSSR count). The molecule has 0 radical (unpaired) electrons. The summed E-state index contributed by atoms with van der Waals surface area (Å²) < 4.78 is 0. The van der Waals surface area contributed by atoms with Crippen LogP contribution in [0.2, 0.25) is 0 Å². The van der Waals surface area contributed by atoms with Crippen molar-refractivity contribution in [3.63, 3.8) is 0 Å². The summed E-state index contributed by atoms with van der Waals surface area (Å²) in [5.41, 5.74) is 0.560. The van der Waals surface area contributed by atoms with E-state index in [9.17, 15) is 4.79 Å². The predicted octanol–water partition coefficient (Wildman–Crippen LogP) is 0.0854. The van der Waals surface area contributed by atoms with Crippen molar-refractivity contribution in [2.24, 2.45) is 4.99 Å². The van der Waals surface area contributed by atoms with Gasteiger partial charge in [-0.05, 0) is 6.08 Å². The fraction of sp³-hybridized carbons (Fsp3) is 0.429. The summed E-state index contributed by atoms with van der Waals surface area (Å²) in [6.07, 6.45) is 3.62. The molecule has 3 nitrogen and oxygen atoms in total. The van der Waals surface area contributed by atoms with Crippen LogP contribution >= 0.6 is 0 Å². The van der Waals surface area contributed by atoms with Crippen LogP contribution in [0.4, 0.5) is 0 Å². The molecule has 0 N–H and O–H groups in total. The zero-order chi connectivity index (χ0) is 7.56. The van der Waals surface area contributed by atoms with Crippen molar-refractivity contribution in [2.75, 3.05) is 20.6 Å². The minimum absolute atomic E-state index is 0.0197.